The van der Waals surface area contributed by atoms with Crippen LogP contribution < -0.4 is 5.73 Å². The average Bonchev–Trinajstić information content (AvgIpc) is 2.64. The topological polar surface area (TPSA) is 32.5 Å². The van der Waals surface area contributed by atoms with Gasteiger partial charge < -0.3 is 15.5 Å². The summed E-state index contributed by atoms with van der Waals surface area (Å²) >= 11 is 0. The van der Waals surface area contributed by atoms with Crippen molar-refractivity contribution in [2.24, 2.45) is 11.7 Å². The van der Waals surface area contributed by atoms with Crippen molar-refractivity contribution in [2.75, 3.05) is 39.8 Å². The zero-order valence-corrected chi connectivity index (χ0v) is 13.9. The lowest BCUT2D eigenvalue weighted by molar-refractivity contribution is 0.262. The minimum Gasteiger partial charge on any atom is -0.323 e. The van der Waals surface area contributed by atoms with Crippen LogP contribution in [0.1, 0.15) is 37.4 Å². The van der Waals surface area contributed by atoms with Gasteiger partial charge in [-0.15, -0.1) is 0 Å². The Bertz CT molecular complexity index is 413. The summed E-state index contributed by atoms with van der Waals surface area (Å²) in [5, 5.41) is 0. The van der Waals surface area contributed by atoms with Gasteiger partial charge in [0.05, 0.1) is 0 Å². The Labute approximate surface area is 130 Å². The highest BCUT2D eigenvalue weighted by molar-refractivity contribution is 5.25. The van der Waals surface area contributed by atoms with Gasteiger partial charge in [-0.3, -0.25) is 0 Å². The summed E-state index contributed by atoms with van der Waals surface area (Å²) in [4.78, 5) is 4.92. The van der Waals surface area contributed by atoms with Crippen LogP contribution in [-0.2, 0) is 6.42 Å². The largest absolute Gasteiger partial charge is 0.323 e. The van der Waals surface area contributed by atoms with E-state index in [1.54, 1.807) is 0 Å². The molecule has 1 aliphatic rings. The van der Waals surface area contributed by atoms with E-state index in [0.29, 0.717) is 5.92 Å². The molecule has 118 valence electrons. The zero-order chi connectivity index (χ0) is 15.2. The van der Waals surface area contributed by atoms with E-state index in [1.807, 2.05) is 0 Å². The maximum absolute atomic E-state index is 6.41. The molecule has 0 radical (unpaired) electrons. The molecule has 3 heteroatoms. The van der Waals surface area contributed by atoms with Crippen LogP contribution in [0.3, 0.4) is 0 Å². The summed E-state index contributed by atoms with van der Waals surface area (Å²) in [5.74, 6) is 0.707. The summed E-state index contributed by atoms with van der Waals surface area (Å²) in [6, 6.07) is 9.04. The van der Waals surface area contributed by atoms with Gasteiger partial charge >= 0.3 is 0 Å². The van der Waals surface area contributed by atoms with Crippen LogP contribution in [0, 0.1) is 5.92 Å². The van der Waals surface area contributed by atoms with Crippen molar-refractivity contribution in [1.82, 2.24) is 9.80 Å². The highest BCUT2D eigenvalue weighted by Gasteiger charge is 2.15. The number of nitrogens with two attached hydrogens (primary N) is 1. The monoisotopic (exact) mass is 289 g/mol. The molecule has 1 atom stereocenters. The average molecular weight is 289 g/mol. The number of rotatable bonds is 5. The van der Waals surface area contributed by atoms with Gasteiger partial charge in [-0.05, 0) is 50.0 Å². The molecule has 3 nitrogen and oxygen atoms in total. The van der Waals surface area contributed by atoms with Gasteiger partial charge in [0.2, 0.25) is 0 Å². The second-order valence-corrected chi connectivity index (χ2v) is 6.90. The lowest BCUT2D eigenvalue weighted by Gasteiger charge is -2.24. The smallest absolute Gasteiger partial charge is 0.0424 e. The lowest BCUT2D eigenvalue weighted by Crippen LogP contribution is -2.35. The standard InChI is InChI=1S/C18H31N3/c1-15(2)13-16-5-7-17(8-6-16)18(19)14-21-10-4-9-20(3)11-12-21/h5-8,15,18H,4,9-14,19H2,1-3H3. The first-order chi connectivity index (χ1) is 10.0. The van der Waals surface area contributed by atoms with E-state index in [2.05, 4.69) is 55.0 Å². The predicted molar refractivity (Wildman–Crippen MR) is 90.5 cm³/mol. The van der Waals surface area contributed by atoms with E-state index in [0.717, 1.165) is 26.1 Å². The first-order valence-corrected chi connectivity index (χ1v) is 8.30. The third-order valence-corrected chi connectivity index (χ3v) is 4.32. The number of likely N-dealkylation sites (N-methyl/N-ethyl adjacent to an activating group) is 1. The molecule has 1 unspecified atom stereocenters. The first kappa shape index (κ1) is 16.5. The van der Waals surface area contributed by atoms with Gasteiger partial charge in [0.1, 0.15) is 0 Å². The van der Waals surface area contributed by atoms with E-state index in [9.17, 15) is 0 Å². The molecular formula is C18H31N3. The highest BCUT2D eigenvalue weighted by Crippen LogP contribution is 2.16. The number of hydrogen-bond donors (Lipinski definition) is 1. The molecule has 0 aliphatic carbocycles. The molecule has 1 aliphatic heterocycles. The van der Waals surface area contributed by atoms with Gasteiger partial charge in [-0.25, -0.2) is 0 Å². The van der Waals surface area contributed by atoms with Crippen molar-refractivity contribution in [2.45, 2.75) is 32.7 Å². The molecular weight excluding hydrogens is 258 g/mol. The Balaban J connectivity index is 1.88. The number of hydrogen-bond acceptors (Lipinski definition) is 3. The summed E-state index contributed by atoms with van der Waals surface area (Å²) in [7, 11) is 2.21. The second kappa shape index (κ2) is 7.92. The Kier molecular flexibility index (Phi) is 6.22. The van der Waals surface area contributed by atoms with Crippen LogP contribution in [0.2, 0.25) is 0 Å². The molecule has 1 saturated heterocycles. The Morgan fingerprint density at radius 2 is 1.76 bits per heavy atom. The summed E-state index contributed by atoms with van der Waals surface area (Å²) in [5.41, 5.74) is 9.09. The predicted octanol–water partition coefficient (Wildman–Crippen LogP) is 2.52. The Morgan fingerprint density at radius 3 is 2.43 bits per heavy atom. The van der Waals surface area contributed by atoms with Crippen LogP contribution in [-0.4, -0.2) is 49.6 Å². The van der Waals surface area contributed by atoms with Gasteiger partial charge in [-0.1, -0.05) is 38.1 Å². The Morgan fingerprint density at radius 1 is 1.05 bits per heavy atom. The van der Waals surface area contributed by atoms with Crippen molar-refractivity contribution in [3.05, 3.63) is 35.4 Å². The third kappa shape index (κ3) is 5.42. The van der Waals surface area contributed by atoms with Crippen molar-refractivity contribution in [1.29, 1.82) is 0 Å². The molecule has 2 rings (SSSR count). The minimum atomic E-state index is 0.126. The van der Waals surface area contributed by atoms with E-state index in [-0.39, 0.29) is 6.04 Å². The van der Waals surface area contributed by atoms with Crippen LogP contribution in [0.25, 0.3) is 0 Å². The highest BCUT2D eigenvalue weighted by atomic mass is 15.2. The Hall–Kier alpha value is -0.900. The maximum Gasteiger partial charge on any atom is 0.0424 e. The quantitative estimate of drug-likeness (QED) is 0.904. The first-order valence-electron chi connectivity index (χ1n) is 8.30. The van der Waals surface area contributed by atoms with E-state index < -0.39 is 0 Å². The summed E-state index contributed by atoms with van der Waals surface area (Å²) in [6.45, 7) is 10.2. The number of nitrogens with zero attached hydrogens (tertiary/aromatic N) is 2. The van der Waals surface area contributed by atoms with E-state index in [1.165, 1.54) is 30.6 Å². The van der Waals surface area contributed by atoms with Gasteiger partial charge in [-0.2, -0.15) is 0 Å². The van der Waals surface area contributed by atoms with Crippen LogP contribution in [0.4, 0.5) is 0 Å². The third-order valence-electron chi connectivity index (χ3n) is 4.32. The van der Waals surface area contributed by atoms with Gasteiger partial charge in [0, 0.05) is 25.7 Å². The number of benzene rings is 1. The minimum absolute atomic E-state index is 0.126. The summed E-state index contributed by atoms with van der Waals surface area (Å²) in [6.07, 6.45) is 2.39. The fourth-order valence-corrected chi connectivity index (χ4v) is 3.04. The SMILES string of the molecule is CC(C)Cc1ccc(C(N)CN2CCCN(C)CC2)cc1. The lowest BCUT2D eigenvalue weighted by atomic mass is 9.99. The molecule has 1 fully saturated rings. The van der Waals surface area contributed by atoms with Crippen LogP contribution in [0.5, 0.6) is 0 Å². The molecule has 1 aromatic rings. The summed E-state index contributed by atoms with van der Waals surface area (Å²) < 4.78 is 0. The fourth-order valence-electron chi connectivity index (χ4n) is 3.04. The normalized spacial score (nSPS) is 19.7. The molecule has 21 heavy (non-hydrogen) atoms. The molecule has 0 bridgehead atoms. The van der Waals surface area contributed by atoms with Crippen molar-refractivity contribution in [3.63, 3.8) is 0 Å². The second-order valence-electron chi connectivity index (χ2n) is 6.90. The molecule has 0 amide bonds. The van der Waals surface area contributed by atoms with Crippen LogP contribution in [0.15, 0.2) is 24.3 Å². The van der Waals surface area contributed by atoms with Crippen molar-refractivity contribution >= 4 is 0 Å². The van der Waals surface area contributed by atoms with E-state index >= 15 is 0 Å². The molecule has 0 saturated carbocycles. The molecule has 0 spiro atoms. The van der Waals surface area contributed by atoms with Crippen molar-refractivity contribution in [3.8, 4) is 0 Å². The molecule has 2 N–H and O–H groups in total. The van der Waals surface area contributed by atoms with E-state index in [4.69, 9.17) is 5.73 Å². The van der Waals surface area contributed by atoms with Crippen molar-refractivity contribution < 1.29 is 0 Å². The van der Waals surface area contributed by atoms with Crippen LogP contribution >= 0.6 is 0 Å². The zero-order valence-electron chi connectivity index (χ0n) is 13.9. The van der Waals surface area contributed by atoms with Gasteiger partial charge in [0.25, 0.3) is 0 Å². The molecule has 0 aromatic heterocycles. The maximum atomic E-state index is 6.41. The molecule has 1 aromatic carbocycles. The van der Waals surface area contributed by atoms with Gasteiger partial charge in [0.15, 0.2) is 0 Å². The fraction of sp³-hybridized carbons (Fsp3) is 0.667. The molecule has 1 heterocycles.